The van der Waals surface area contributed by atoms with E-state index in [1.807, 2.05) is 22.5 Å². The van der Waals surface area contributed by atoms with E-state index < -0.39 is 0 Å². The van der Waals surface area contributed by atoms with Crippen LogP contribution in [-0.2, 0) is 19.6 Å². The molecule has 1 N–H and O–H groups in total. The summed E-state index contributed by atoms with van der Waals surface area (Å²) in [6.07, 6.45) is 2.04. The zero-order valence-electron chi connectivity index (χ0n) is 12.9. The molecule has 110 valence electrons. The number of rotatable bonds is 7. The molecule has 0 spiro atoms. The second-order valence-corrected chi connectivity index (χ2v) is 5.62. The molecule has 2 aromatic rings. The summed E-state index contributed by atoms with van der Waals surface area (Å²) in [7, 11) is 0. The van der Waals surface area contributed by atoms with Crippen LogP contribution in [0.2, 0.25) is 0 Å². The molecule has 0 unspecified atom stereocenters. The molecule has 0 aliphatic heterocycles. The summed E-state index contributed by atoms with van der Waals surface area (Å²) in [4.78, 5) is 0. The predicted octanol–water partition coefficient (Wildman–Crippen LogP) is 2.20. The Morgan fingerprint density at radius 3 is 2.80 bits per heavy atom. The minimum atomic E-state index is 0.666. The summed E-state index contributed by atoms with van der Waals surface area (Å²) in [5, 5.41) is 12.5. The molecule has 20 heavy (non-hydrogen) atoms. The lowest BCUT2D eigenvalue weighted by Gasteiger charge is -2.06. The fourth-order valence-corrected chi connectivity index (χ4v) is 2.24. The zero-order chi connectivity index (χ0) is 14.5. The van der Waals surface area contributed by atoms with Crippen molar-refractivity contribution in [3.05, 3.63) is 35.4 Å². The molecule has 0 saturated heterocycles. The van der Waals surface area contributed by atoms with Gasteiger partial charge in [0.2, 0.25) is 0 Å². The van der Waals surface area contributed by atoms with Gasteiger partial charge in [0.25, 0.3) is 0 Å². The number of aromatic nitrogens is 4. The molecule has 5 nitrogen and oxygen atoms in total. The third-order valence-corrected chi connectivity index (χ3v) is 3.16. The van der Waals surface area contributed by atoms with Crippen LogP contribution in [0.25, 0.3) is 0 Å². The maximum atomic E-state index is 4.60. The Bertz CT molecular complexity index is 538. The molecule has 0 aliphatic carbocycles. The molecular weight excluding hydrogens is 250 g/mol. The standard InChI is InChI=1S/C15H25N5/c1-5-20-15(8-13(4)17-20)11-19-7-6-14(18-19)10-16-9-12(2)3/h6-8,12,16H,5,9-11H2,1-4H3. The summed E-state index contributed by atoms with van der Waals surface area (Å²) in [6.45, 7) is 12.1. The van der Waals surface area contributed by atoms with Crippen molar-refractivity contribution in [2.24, 2.45) is 5.92 Å². The van der Waals surface area contributed by atoms with Gasteiger partial charge in [-0.3, -0.25) is 9.36 Å². The topological polar surface area (TPSA) is 47.7 Å². The second kappa shape index (κ2) is 6.70. The third kappa shape index (κ3) is 3.93. The lowest BCUT2D eigenvalue weighted by molar-refractivity contribution is 0.538. The minimum Gasteiger partial charge on any atom is -0.311 e. The fraction of sp³-hybridized carbons (Fsp3) is 0.600. The first-order valence-corrected chi connectivity index (χ1v) is 7.35. The van der Waals surface area contributed by atoms with E-state index in [9.17, 15) is 0 Å². The van der Waals surface area contributed by atoms with Gasteiger partial charge in [0.15, 0.2) is 0 Å². The van der Waals surface area contributed by atoms with Crippen LogP contribution >= 0.6 is 0 Å². The van der Waals surface area contributed by atoms with Gasteiger partial charge >= 0.3 is 0 Å². The normalized spacial score (nSPS) is 11.4. The maximum Gasteiger partial charge on any atom is 0.0828 e. The zero-order valence-corrected chi connectivity index (χ0v) is 12.9. The SMILES string of the molecule is CCn1nc(C)cc1Cn1ccc(CNCC(C)C)n1. The largest absolute Gasteiger partial charge is 0.311 e. The van der Waals surface area contributed by atoms with Crippen molar-refractivity contribution in [1.29, 1.82) is 0 Å². The van der Waals surface area contributed by atoms with Gasteiger partial charge < -0.3 is 5.32 Å². The molecule has 0 aliphatic rings. The number of aryl methyl sites for hydroxylation is 2. The number of nitrogens with one attached hydrogen (secondary N) is 1. The molecule has 0 radical (unpaired) electrons. The molecular formula is C15H25N5. The number of hydrogen-bond donors (Lipinski definition) is 1. The summed E-state index contributed by atoms with van der Waals surface area (Å²) in [5.41, 5.74) is 3.35. The Morgan fingerprint density at radius 1 is 1.30 bits per heavy atom. The van der Waals surface area contributed by atoms with E-state index in [0.29, 0.717) is 5.92 Å². The van der Waals surface area contributed by atoms with Crippen molar-refractivity contribution in [3.63, 3.8) is 0 Å². The minimum absolute atomic E-state index is 0.666. The lowest BCUT2D eigenvalue weighted by atomic mass is 10.2. The van der Waals surface area contributed by atoms with Crippen LogP contribution in [0.3, 0.4) is 0 Å². The van der Waals surface area contributed by atoms with E-state index in [1.54, 1.807) is 0 Å². The second-order valence-electron chi connectivity index (χ2n) is 5.62. The first kappa shape index (κ1) is 14.8. The van der Waals surface area contributed by atoms with Crippen LogP contribution in [-0.4, -0.2) is 26.1 Å². The van der Waals surface area contributed by atoms with Crippen molar-refractivity contribution >= 4 is 0 Å². The molecule has 0 amide bonds. The van der Waals surface area contributed by atoms with Gasteiger partial charge in [-0.2, -0.15) is 10.2 Å². The van der Waals surface area contributed by atoms with Crippen LogP contribution in [0, 0.1) is 12.8 Å². The highest BCUT2D eigenvalue weighted by Crippen LogP contribution is 2.06. The van der Waals surface area contributed by atoms with Gasteiger partial charge in [0, 0.05) is 19.3 Å². The first-order valence-electron chi connectivity index (χ1n) is 7.35. The monoisotopic (exact) mass is 275 g/mol. The van der Waals surface area contributed by atoms with Gasteiger partial charge in [-0.25, -0.2) is 0 Å². The molecule has 0 fully saturated rings. The number of nitrogens with zero attached hydrogens (tertiary/aromatic N) is 4. The predicted molar refractivity (Wildman–Crippen MR) is 80.5 cm³/mol. The average molecular weight is 275 g/mol. The Morgan fingerprint density at radius 2 is 2.10 bits per heavy atom. The van der Waals surface area contributed by atoms with Crippen LogP contribution < -0.4 is 5.32 Å². The highest BCUT2D eigenvalue weighted by atomic mass is 15.3. The van der Waals surface area contributed by atoms with Crippen LogP contribution in [0.15, 0.2) is 18.3 Å². The highest BCUT2D eigenvalue weighted by Gasteiger charge is 2.06. The van der Waals surface area contributed by atoms with Crippen molar-refractivity contribution in [2.45, 2.75) is 47.3 Å². The quantitative estimate of drug-likeness (QED) is 0.842. The van der Waals surface area contributed by atoms with Crippen LogP contribution in [0.5, 0.6) is 0 Å². The van der Waals surface area contributed by atoms with Gasteiger partial charge in [-0.05, 0) is 38.4 Å². The average Bonchev–Trinajstić information content (AvgIpc) is 2.96. The molecule has 5 heteroatoms. The van der Waals surface area contributed by atoms with Gasteiger partial charge in [-0.15, -0.1) is 0 Å². The van der Waals surface area contributed by atoms with Crippen molar-refractivity contribution in [1.82, 2.24) is 24.9 Å². The van der Waals surface area contributed by atoms with Gasteiger partial charge in [0.05, 0.1) is 23.6 Å². The van der Waals surface area contributed by atoms with Gasteiger partial charge in [-0.1, -0.05) is 13.8 Å². The van der Waals surface area contributed by atoms with Crippen molar-refractivity contribution in [3.8, 4) is 0 Å². The van der Waals surface area contributed by atoms with E-state index in [4.69, 9.17) is 0 Å². The van der Waals surface area contributed by atoms with Crippen molar-refractivity contribution in [2.75, 3.05) is 6.54 Å². The van der Waals surface area contributed by atoms with Gasteiger partial charge in [0.1, 0.15) is 0 Å². The Balaban J connectivity index is 1.95. The molecule has 0 atom stereocenters. The summed E-state index contributed by atoms with van der Waals surface area (Å²) >= 11 is 0. The van der Waals surface area contributed by atoms with E-state index in [2.05, 4.69) is 48.4 Å². The lowest BCUT2D eigenvalue weighted by Crippen LogP contribution is -2.19. The Hall–Kier alpha value is -1.62. The van der Waals surface area contributed by atoms with Crippen molar-refractivity contribution < 1.29 is 0 Å². The highest BCUT2D eigenvalue weighted by molar-refractivity contribution is 5.10. The summed E-state index contributed by atoms with van der Waals surface area (Å²) in [6, 6.07) is 4.20. The molecule has 0 aromatic carbocycles. The van der Waals surface area contributed by atoms with Crippen LogP contribution in [0.4, 0.5) is 0 Å². The maximum absolute atomic E-state index is 4.60. The first-order chi connectivity index (χ1) is 9.58. The van der Waals surface area contributed by atoms with E-state index in [-0.39, 0.29) is 0 Å². The van der Waals surface area contributed by atoms with E-state index in [1.165, 1.54) is 5.69 Å². The summed E-state index contributed by atoms with van der Waals surface area (Å²) < 4.78 is 4.02. The van der Waals surface area contributed by atoms with E-state index >= 15 is 0 Å². The molecule has 0 saturated carbocycles. The number of hydrogen-bond acceptors (Lipinski definition) is 3. The van der Waals surface area contributed by atoms with E-state index in [0.717, 1.165) is 37.6 Å². The Kier molecular flexibility index (Phi) is 4.95. The summed E-state index contributed by atoms with van der Waals surface area (Å²) in [5.74, 6) is 0.666. The third-order valence-electron chi connectivity index (χ3n) is 3.16. The molecule has 0 bridgehead atoms. The molecule has 2 heterocycles. The smallest absolute Gasteiger partial charge is 0.0828 e. The Labute approximate surface area is 121 Å². The molecule has 2 aromatic heterocycles. The molecule has 2 rings (SSSR count). The van der Waals surface area contributed by atoms with Crippen LogP contribution in [0.1, 0.15) is 37.9 Å². The fourth-order valence-electron chi connectivity index (χ4n) is 2.24.